The lowest BCUT2D eigenvalue weighted by Gasteiger charge is -2.27. The van der Waals surface area contributed by atoms with Crippen LogP contribution in [0.1, 0.15) is 36.8 Å². The van der Waals surface area contributed by atoms with Crippen molar-refractivity contribution in [3.63, 3.8) is 0 Å². The molecule has 0 spiro atoms. The summed E-state index contributed by atoms with van der Waals surface area (Å²) in [4.78, 5) is 11.5. The molecule has 1 aliphatic rings. The van der Waals surface area contributed by atoms with E-state index in [2.05, 4.69) is 29.6 Å². The van der Waals surface area contributed by atoms with Crippen molar-refractivity contribution in [3.8, 4) is 0 Å². The minimum Gasteiger partial charge on any atom is -0.469 e. The number of rotatable bonds is 6. The summed E-state index contributed by atoms with van der Waals surface area (Å²) in [5.41, 5.74) is 2.48. The number of carbonyl (C=O) groups excluding carboxylic acids is 1. The highest BCUT2D eigenvalue weighted by Crippen LogP contribution is 2.25. The molecule has 0 radical (unpaired) electrons. The van der Waals surface area contributed by atoms with Gasteiger partial charge in [-0.1, -0.05) is 24.3 Å². The summed E-state index contributed by atoms with van der Waals surface area (Å²) in [7, 11) is 3.18. The molecule has 21 heavy (non-hydrogen) atoms. The molecular formula is C17H25NO3. The molecule has 0 bridgehead atoms. The van der Waals surface area contributed by atoms with E-state index in [0.717, 1.165) is 32.2 Å². The van der Waals surface area contributed by atoms with Crippen LogP contribution in [0.3, 0.4) is 0 Å². The van der Waals surface area contributed by atoms with E-state index >= 15 is 0 Å². The second-order valence-corrected chi connectivity index (χ2v) is 5.71. The van der Waals surface area contributed by atoms with E-state index in [0.29, 0.717) is 12.6 Å². The van der Waals surface area contributed by atoms with Crippen LogP contribution in [0.15, 0.2) is 24.3 Å². The lowest BCUT2D eigenvalue weighted by Crippen LogP contribution is -2.34. The number of benzene rings is 1. The largest absolute Gasteiger partial charge is 0.469 e. The standard InChI is InChI=1S/C17H25NO3/c1-20-12-14-5-3-4-13(10-14)11-18-16-8-6-15(7-9-16)17(19)21-2/h3-5,10,15-16,18H,6-9,11-12H2,1-2H3. The number of carbonyl (C=O) groups is 1. The molecule has 1 aromatic carbocycles. The molecule has 0 atom stereocenters. The van der Waals surface area contributed by atoms with Crippen molar-refractivity contribution < 1.29 is 14.3 Å². The minimum absolute atomic E-state index is 0.0549. The molecule has 116 valence electrons. The summed E-state index contributed by atoms with van der Waals surface area (Å²) in [6.45, 7) is 1.52. The van der Waals surface area contributed by atoms with Crippen molar-refractivity contribution >= 4 is 5.97 Å². The van der Waals surface area contributed by atoms with E-state index < -0.39 is 0 Å². The Labute approximate surface area is 126 Å². The highest BCUT2D eigenvalue weighted by atomic mass is 16.5. The average Bonchev–Trinajstić information content (AvgIpc) is 2.53. The Hall–Kier alpha value is -1.39. The van der Waals surface area contributed by atoms with Crippen LogP contribution in [0.5, 0.6) is 0 Å². The Bertz CT molecular complexity index is 453. The Morgan fingerprint density at radius 1 is 1.19 bits per heavy atom. The van der Waals surface area contributed by atoms with E-state index in [9.17, 15) is 4.79 Å². The minimum atomic E-state index is -0.0549. The number of hydrogen-bond acceptors (Lipinski definition) is 4. The quantitative estimate of drug-likeness (QED) is 0.819. The molecule has 0 amide bonds. The third-order valence-electron chi connectivity index (χ3n) is 4.16. The summed E-state index contributed by atoms with van der Waals surface area (Å²) in [6, 6.07) is 8.95. The lowest BCUT2D eigenvalue weighted by molar-refractivity contribution is -0.146. The SMILES string of the molecule is COCc1cccc(CNC2CCC(C(=O)OC)CC2)c1. The fraction of sp³-hybridized carbons (Fsp3) is 0.588. The van der Waals surface area contributed by atoms with Gasteiger partial charge in [-0.2, -0.15) is 0 Å². The van der Waals surface area contributed by atoms with Gasteiger partial charge in [0.05, 0.1) is 19.6 Å². The predicted octanol–water partition coefficient (Wildman–Crippen LogP) is 2.65. The van der Waals surface area contributed by atoms with Crippen LogP contribution in [0, 0.1) is 5.92 Å². The smallest absolute Gasteiger partial charge is 0.308 e. The van der Waals surface area contributed by atoms with E-state index in [-0.39, 0.29) is 11.9 Å². The van der Waals surface area contributed by atoms with Crippen LogP contribution >= 0.6 is 0 Å². The van der Waals surface area contributed by atoms with Crippen LogP contribution in [0.4, 0.5) is 0 Å². The van der Waals surface area contributed by atoms with Gasteiger partial charge in [0, 0.05) is 19.7 Å². The maximum atomic E-state index is 11.5. The first-order valence-corrected chi connectivity index (χ1v) is 7.61. The van der Waals surface area contributed by atoms with Gasteiger partial charge in [0.25, 0.3) is 0 Å². The molecule has 4 heteroatoms. The van der Waals surface area contributed by atoms with Gasteiger partial charge in [-0.3, -0.25) is 4.79 Å². The highest BCUT2D eigenvalue weighted by molar-refractivity contribution is 5.72. The van der Waals surface area contributed by atoms with Crippen molar-refractivity contribution in [1.29, 1.82) is 0 Å². The first kappa shape index (κ1) is 16.0. The normalized spacial score (nSPS) is 22.0. The van der Waals surface area contributed by atoms with E-state index in [1.54, 1.807) is 7.11 Å². The molecule has 0 aliphatic heterocycles. The van der Waals surface area contributed by atoms with Gasteiger partial charge in [-0.15, -0.1) is 0 Å². The third kappa shape index (κ3) is 4.83. The summed E-state index contributed by atoms with van der Waals surface area (Å²) >= 11 is 0. The molecule has 1 saturated carbocycles. The maximum absolute atomic E-state index is 11.5. The summed E-state index contributed by atoms with van der Waals surface area (Å²) in [6.07, 6.45) is 3.93. The molecule has 0 aromatic heterocycles. The molecule has 0 heterocycles. The van der Waals surface area contributed by atoms with Crippen LogP contribution in [0.2, 0.25) is 0 Å². The highest BCUT2D eigenvalue weighted by Gasteiger charge is 2.26. The zero-order valence-corrected chi connectivity index (χ0v) is 12.9. The molecule has 2 rings (SSSR count). The van der Waals surface area contributed by atoms with Gasteiger partial charge < -0.3 is 14.8 Å². The maximum Gasteiger partial charge on any atom is 0.308 e. The number of hydrogen-bond donors (Lipinski definition) is 1. The Balaban J connectivity index is 1.77. The third-order valence-corrected chi connectivity index (χ3v) is 4.16. The number of nitrogens with one attached hydrogen (secondary N) is 1. The van der Waals surface area contributed by atoms with Crippen molar-refractivity contribution in [1.82, 2.24) is 5.32 Å². The van der Waals surface area contributed by atoms with E-state index in [1.165, 1.54) is 18.2 Å². The molecule has 0 unspecified atom stereocenters. The summed E-state index contributed by atoms with van der Waals surface area (Å²) < 4.78 is 9.98. The number of ether oxygens (including phenoxy) is 2. The van der Waals surface area contributed by atoms with Crippen LogP contribution < -0.4 is 5.32 Å². The van der Waals surface area contributed by atoms with Crippen molar-refractivity contribution in [3.05, 3.63) is 35.4 Å². The van der Waals surface area contributed by atoms with Crippen molar-refractivity contribution in [2.45, 2.75) is 44.9 Å². The van der Waals surface area contributed by atoms with Crippen LogP contribution in [-0.2, 0) is 27.4 Å². The molecule has 1 aliphatic carbocycles. The lowest BCUT2D eigenvalue weighted by atomic mass is 9.86. The molecule has 0 saturated heterocycles. The van der Waals surface area contributed by atoms with Crippen molar-refractivity contribution in [2.75, 3.05) is 14.2 Å². The summed E-state index contributed by atoms with van der Waals surface area (Å²) in [5.74, 6) is 0.0406. The Kier molecular flexibility index (Phi) is 6.21. The van der Waals surface area contributed by atoms with Crippen molar-refractivity contribution in [2.24, 2.45) is 5.92 Å². The van der Waals surface area contributed by atoms with Gasteiger partial charge in [0.1, 0.15) is 0 Å². The second-order valence-electron chi connectivity index (χ2n) is 5.71. The average molecular weight is 291 g/mol. The molecular weight excluding hydrogens is 266 g/mol. The first-order valence-electron chi connectivity index (χ1n) is 7.61. The van der Waals surface area contributed by atoms with Crippen LogP contribution in [0.25, 0.3) is 0 Å². The van der Waals surface area contributed by atoms with Gasteiger partial charge in [0.15, 0.2) is 0 Å². The van der Waals surface area contributed by atoms with Gasteiger partial charge in [0.2, 0.25) is 0 Å². The Morgan fingerprint density at radius 2 is 1.90 bits per heavy atom. The first-order chi connectivity index (χ1) is 10.2. The van der Waals surface area contributed by atoms with Crippen LogP contribution in [-0.4, -0.2) is 26.2 Å². The fourth-order valence-corrected chi connectivity index (χ4v) is 2.96. The van der Waals surface area contributed by atoms with Gasteiger partial charge in [-0.25, -0.2) is 0 Å². The van der Waals surface area contributed by atoms with E-state index in [4.69, 9.17) is 9.47 Å². The Morgan fingerprint density at radius 3 is 2.57 bits per heavy atom. The van der Waals surface area contributed by atoms with E-state index in [1.807, 2.05) is 0 Å². The number of methoxy groups -OCH3 is 2. The van der Waals surface area contributed by atoms with Gasteiger partial charge >= 0.3 is 5.97 Å². The topological polar surface area (TPSA) is 47.6 Å². The second kappa shape index (κ2) is 8.15. The molecule has 1 aromatic rings. The summed E-state index contributed by atoms with van der Waals surface area (Å²) in [5, 5.41) is 3.59. The predicted molar refractivity (Wildman–Crippen MR) is 81.8 cm³/mol. The molecule has 1 N–H and O–H groups in total. The fourth-order valence-electron chi connectivity index (χ4n) is 2.96. The molecule has 1 fully saturated rings. The zero-order chi connectivity index (χ0) is 15.1. The van der Waals surface area contributed by atoms with Gasteiger partial charge in [-0.05, 0) is 36.8 Å². The number of esters is 1. The molecule has 4 nitrogen and oxygen atoms in total. The monoisotopic (exact) mass is 291 g/mol. The zero-order valence-electron chi connectivity index (χ0n) is 12.9.